The monoisotopic (exact) mass is 349 g/mol. The molecule has 0 aliphatic rings. The van der Waals surface area contributed by atoms with Crippen LogP contribution in [-0.2, 0) is 0 Å². The van der Waals surface area contributed by atoms with Crippen molar-refractivity contribution < 1.29 is 4.39 Å². The predicted octanol–water partition coefficient (Wildman–Crippen LogP) is 5.29. The smallest absolute Gasteiger partial charge is 0.129 e. The third kappa shape index (κ3) is 3.72. The van der Waals surface area contributed by atoms with Crippen LogP contribution in [0.15, 0.2) is 40.9 Å². The minimum atomic E-state index is -0.184. The fraction of sp³-hybridized carbons (Fsp3) is 0.333. The molecule has 0 amide bonds. The summed E-state index contributed by atoms with van der Waals surface area (Å²) in [5.74, 6) is -0.184. The third-order valence-electron chi connectivity index (χ3n) is 3.75. The van der Waals surface area contributed by atoms with E-state index in [0.29, 0.717) is 5.56 Å². The maximum atomic E-state index is 14.3. The molecular formula is C18H21BrFN. The molecule has 0 fully saturated rings. The van der Waals surface area contributed by atoms with Crippen LogP contribution in [0, 0.1) is 19.7 Å². The summed E-state index contributed by atoms with van der Waals surface area (Å²) >= 11 is 3.49. The van der Waals surface area contributed by atoms with Crippen molar-refractivity contribution in [1.29, 1.82) is 0 Å². The fourth-order valence-electron chi connectivity index (χ4n) is 2.41. The van der Waals surface area contributed by atoms with Crippen LogP contribution in [0.2, 0.25) is 0 Å². The Balaban J connectivity index is 2.49. The number of halogens is 2. The molecule has 0 aliphatic heterocycles. The second kappa shape index (κ2) is 7.19. The van der Waals surface area contributed by atoms with Crippen molar-refractivity contribution in [2.75, 3.05) is 6.54 Å². The zero-order valence-corrected chi connectivity index (χ0v) is 14.3. The fourth-order valence-corrected chi connectivity index (χ4v) is 2.98. The maximum absolute atomic E-state index is 14.3. The van der Waals surface area contributed by atoms with Gasteiger partial charge in [0.15, 0.2) is 0 Å². The topological polar surface area (TPSA) is 12.0 Å². The molecule has 2 rings (SSSR count). The Morgan fingerprint density at radius 3 is 2.52 bits per heavy atom. The Hall–Kier alpha value is -1.19. The molecule has 1 atom stereocenters. The van der Waals surface area contributed by atoms with Crippen LogP contribution < -0.4 is 5.32 Å². The van der Waals surface area contributed by atoms with Crippen LogP contribution >= 0.6 is 15.9 Å². The lowest BCUT2D eigenvalue weighted by molar-refractivity contribution is 0.544. The van der Waals surface area contributed by atoms with Gasteiger partial charge in [-0.3, -0.25) is 0 Å². The van der Waals surface area contributed by atoms with Crippen molar-refractivity contribution in [3.63, 3.8) is 0 Å². The zero-order chi connectivity index (χ0) is 15.4. The van der Waals surface area contributed by atoms with E-state index in [9.17, 15) is 4.39 Å². The normalized spacial score (nSPS) is 12.4. The van der Waals surface area contributed by atoms with Gasteiger partial charge in [0.1, 0.15) is 5.82 Å². The third-order valence-corrected chi connectivity index (χ3v) is 4.44. The summed E-state index contributed by atoms with van der Waals surface area (Å²) in [6.07, 6.45) is 1.01. The van der Waals surface area contributed by atoms with E-state index >= 15 is 0 Å². The van der Waals surface area contributed by atoms with Crippen molar-refractivity contribution in [2.24, 2.45) is 0 Å². The van der Waals surface area contributed by atoms with E-state index in [-0.39, 0.29) is 11.9 Å². The molecule has 0 saturated carbocycles. The summed E-state index contributed by atoms with van der Waals surface area (Å²) in [6.45, 7) is 7.14. The van der Waals surface area contributed by atoms with Crippen LogP contribution in [0.1, 0.15) is 41.6 Å². The van der Waals surface area contributed by atoms with Crippen molar-refractivity contribution in [1.82, 2.24) is 5.32 Å². The Kier molecular flexibility index (Phi) is 5.54. The number of hydrogen-bond donors (Lipinski definition) is 1. The molecular weight excluding hydrogens is 329 g/mol. The molecule has 0 aromatic heterocycles. The van der Waals surface area contributed by atoms with Crippen LogP contribution in [0.5, 0.6) is 0 Å². The molecule has 2 aromatic carbocycles. The van der Waals surface area contributed by atoms with E-state index < -0.39 is 0 Å². The van der Waals surface area contributed by atoms with Gasteiger partial charge < -0.3 is 5.32 Å². The molecule has 2 aromatic rings. The highest BCUT2D eigenvalue weighted by molar-refractivity contribution is 9.10. The van der Waals surface area contributed by atoms with Gasteiger partial charge in [-0.1, -0.05) is 47.1 Å². The summed E-state index contributed by atoms with van der Waals surface area (Å²) in [4.78, 5) is 0. The van der Waals surface area contributed by atoms with Gasteiger partial charge >= 0.3 is 0 Å². The van der Waals surface area contributed by atoms with E-state index in [4.69, 9.17) is 0 Å². The van der Waals surface area contributed by atoms with E-state index in [1.54, 1.807) is 6.07 Å². The molecule has 0 aliphatic carbocycles. The van der Waals surface area contributed by atoms with Crippen LogP contribution in [0.25, 0.3) is 0 Å². The quantitative estimate of drug-likeness (QED) is 0.772. The van der Waals surface area contributed by atoms with Crippen molar-refractivity contribution >= 4 is 15.9 Å². The highest BCUT2D eigenvalue weighted by atomic mass is 79.9. The van der Waals surface area contributed by atoms with Gasteiger partial charge in [-0.15, -0.1) is 0 Å². The minimum absolute atomic E-state index is 0.139. The number of rotatable bonds is 5. The maximum Gasteiger partial charge on any atom is 0.129 e. The lowest BCUT2D eigenvalue weighted by Crippen LogP contribution is -2.24. The van der Waals surface area contributed by atoms with E-state index in [1.807, 2.05) is 6.07 Å². The minimum Gasteiger partial charge on any atom is -0.306 e. The number of aryl methyl sites for hydroxylation is 2. The number of hydrogen-bond acceptors (Lipinski definition) is 1. The van der Waals surface area contributed by atoms with E-state index in [2.05, 4.69) is 60.2 Å². The summed E-state index contributed by atoms with van der Waals surface area (Å²) in [7, 11) is 0. The zero-order valence-electron chi connectivity index (χ0n) is 12.7. The van der Waals surface area contributed by atoms with Gasteiger partial charge in [0.25, 0.3) is 0 Å². The predicted molar refractivity (Wildman–Crippen MR) is 90.2 cm³/mol. The Morgan fingerprint density at radius 2 is 1.90 bits per heavy atom. The SMILES string of the molecule is CCCNC(c1ccc(C)c(C)c1)c1c(F)cccc1Br. The molecule has 0 heterocycles. The molecule has 0 saturated heterocycles. The molecule has 3 heteroatoms. The molecule has 0 bridgehead atoms. The number of nitrogens with one attached hydrogen (secondary N) is 1. The first-order chi connectivity index (χ1) is 10.0. The van der Waals surface area contributed by atoms with Crippen LogP contribution in [0.4, 0.5) is 4.39 Å². The van der Waals surface area contributed by atoms with Gasteiger partial charge in [0.2, 0.25) is 0 Å². The Morgan fingerprint density at radius 1 is 1.14 bits per heavy atom. The molecule has 0 radical (unpaired) electrons. The van der Waals surface area contributed by atoms with E-state index in [0.717, 1.165) is 23.0 Å². The van der Waals surface area contributed by atoms with Gasteiger partial charge in [-0.05, 0) is 55.6 Å². The second-order valence-corrected chi connectivity index (χ2v) is 6.22. The molecule has 1 nitrogen and oxygen atoms in total. The summed E-state index contributed by atoms with van der Waals surface area (Å²) < 4.78 is 15.1. The first-order valence-corrected chi connectivity index (χ1v) is 8.08. The average molecular weight is 350 g/mol. The van der Waals surface area contributed by atoms with Gasteiger partial charge in [-0.2, -0.15) is 0 Å². The molecule has 1 unspecified atom stereocenters. The summed E-state index contributed by atoms with van der Waals surface area (Å²) in [6, 6.07) is 11.3. The lowest BCUT2D eigenvalue weighted by Gasteiger charge is -2.22. The Labute approximate surface area is 134 Å². The lowest BCUT2D eigenvalue weighted by atomic mass is 9.95. The standard InChI is InChI=1S/C18H21BrFN/c1-4-10-21-18(14-9-8-12(2)13(3)11-14)17-15(19)6-5-7-16(17)20/h5-9,11,18,21H,4,10H2,1-3H3. The molecule has 112 valence electrons. The largest absolute Gasteiger partial charge is 0.306 e. The van der Waals surface area contributed by atoms with Crippen LogP contribution in [-0.4, -0.2) is 6.54 Å². The first kappa shape index (κ1) is 16.2. The summed E-state index contributed by atoms with van der Waals surface area (Å²) in [5.41, 5.74) is 4.25. The van der Waals surface area contributed by atoms with Crippen molar-refractivity contribution in [3.8, 4) is 0 Å². The van der Waals surface area contributed by atoms with Gasteiger partial charge in [0.05, 0.1) is 6.04 Å². The molecule has 0 spiro atoms. The van der Waals surface area contributed by atoms with Crippen molar-refractivity contribution in [2.45, 2.75) is 33.2 Å². The second-order valence-electron chi connectivity index (χ2n) is 5.37. The highest BCUT2D eigenvalue weighted by Crippen LogP contribution is 2.31. The number of benzene rings is 2. The summed E-state index contributed by atoms with van der Waals surface area (Å²) in [5, 5.41) is 3.46. The van der Waals surface area contributed by atoms with E-state index in [1.165, 1.54) is 17.2 Å². The molecule has 21 heavy (non-hydrogen) atoms. The van der Waals surface area contributed by atoms with Crippen molar-refractivity contribution in [3.05, 3.63) is 68.9 Å². The highest BCUT2D eigenvalue weighted by Gasteiger charge is 2.20. The van der Waals surface area contributed by atoms with Crippen LogP contribution in [0.3, 0.4) is 0 Å². The average Bonchev–Trinajstić information content (AvgIpc) is 2.45. The first-order valence-electron chi connectivity index (χ1n) is 7.29. The van der Waals surface area contributed by atoms with Gasteiger partial charge in [-0.25, -0.2) is 4.39 Å². The molecule has 1 N–H and O–H groups in total. The Bertz CT molecular complexity index is 604. The van der Waals surface area contributed by atoms with Gasteiger partial charge in [0, 0.05) is 10.0 Å².